The second kappa shape index (κ2) is 6.32. The van der Waals surface area contributed by atoms with Gasteiger partial charge in [0.25, 0.3) is 0 Å². The Bertz CT molecular complexity index is 421. The topological polar surface area (TPSA) is 0 Å². The Balaban J connectivity index is 0.000000606. The monoisotopic (exact) mass is 214 g/mol. The van der Waals surface area contributed by atoms with E-state index in [1.165, 1.54) is 22.8 Å². The Morgan fingerprint density at radius 3 is 2.19 bits per heavy atom. The van der Waals surface area contributed by atoms with E-state index < -0.39 is 0 Å². The lowest BCUT2D eigenvalue weighted by Gasteiger charge is -2.08. The first-order valence-corrected chi connectivity index (χ1v) is 6.24. The molecule has 0 aromatic heterocycles. The summed E-state index contributed by atoms with van der Waals surface area (Å²) in [5.41, 5.74) is 1.47. The van der Waals surface area contributed by atoms with Gasteiger partial charge in [0.15, 0.2) is 0 Å². The molecule has 0 atom stereocenters. The average molecular weight is 214 g/mol. The highest BCUT2D eigenvalue weighted by atomic mass is 14.1. The summed E-state index contributed by atoms with van der Waals surface area (Å²) in [5, 5.41) is 2.76. The third-order valence-electron chi connectivity index (χ3n) is 2.51. The molecule has 0 saturated carbocycles. The van der Waals surface area contributed by atoms with Crippen molar-refractivity contribution < 1.29 is 0 Å². The molecule has 0 heteroatoms. The number of hydrogen-bond donors (Lipinski definition) is 0. The van der Waals surface area contributed by atoms with Crippen LogP contribution in [0.25, 0.3) is 10.8 Å². The Morgan fingerprint density at radius 1 is 0.875 bits per heavy atom. The van der Waals surface area contributed by atoms with Gasteiger partial charge in [-0.15, -0.1) is 0 Å². The molecule has 0 saturated heterocycles. The first kappa shape index (κ1) is 12.8. The van der Waals surface area contributed by atoms with Crippen molar-refractivity contribution in [2.24, 2.45) is 5.92 Å². The highest BCUT2D eigenvalue weighted by molar-refractivity contribution is 5.85. The van der Waals surface area contributed by atoms with E-state index in [9.17, 15) is 0 Å². The third-order valence-corrected chi connectivity index (χ3v) is 2.51. The van der Waals surface area contributed by atoms with Crippen LogP contribution in [-0.2, 0) is 6.42 Å². The second-order valence-electron chi connectivity index (χ2n) is 4.24. The van der Waals surface area contributed by atoms with Gasteiger partial charge in [-0.25, -0.2) is 0 Å². The molecule has 86 valence electrons. The molecule has 0 spiro atoms. The fourth-order valence-corrected chi connectivity index (χ4v) is 1.91. The molecule has 0 nitrogen and oxygen atoms in total. The Morgan fingerprint density at radius 2 is 1.50 bits per heavy atom. The molecule has 0 amide bonds. The number of hydrogen-bond acceptors (Lipinski definition) is 0. The molecule has 0 bridgehead atoms. The predicted octanol–water partition coefficient (Wildman–Crippen LogP) is 5.06. The molecule has 0 aliphatic heterocycles. The van der Waals surface area contributed by atoms with Crippen LogP contribution in [0.1, 0.15) is 33.3 Å². The first-order chi connectivity index (χ1) is 7.77. The summed E-state index contributed by atoms with van der Waals surface area (Å²) in [6.45, 7) is 8.53. The zero-order valence-electron chi connectivity index (χ0n) is 10.8. The molecule has 0 heterocycles. The van der Waals surface area contributed by atoms with Crippen molar-refractivity contribution in [2.75, 3.05) is 0 Å². The van der Waals surface area contributed by atoms with Crippen molar-refractivity contribution in [3.63, 3.8) is 0 Å². The fraction of sp³-hybridized carbons (Fsp3) is 0.375. The average Bonchev–Trinajstić information content (AvgIpc) is 2.31. The van der Waals surface area contributed by atoms with Gasteiger partial charge in [0.1, 0.15) is 0 Å². The molecule has 2 aromatic rings. The van der Waals surface area contributed by atoms with E-state index in [0.717, 1.165) is 5.92 Å². The molecule has 0 aliphatic rings. The predicted molar refractivity (Wildman–Crippen MR) is 73.8 cm³/mol. The van der Waals surface area contributed by atoms with Crippen LogP contribution >= 0.6 is 0 Å². The van der Waals surface area contributed by atoms with Crippen molar-refractivity contribution in [1.29, 1.82) is 0 Å². The van der Waals surface area contributed by atoms with E-state index in [1.807, 2.05) is 13.8 Å². The van der Waals surface area contributed by atoms with Crippen LogP contribution in [0, 0.1) is 5.92 Å². The van der Waals surface area contributed by atoms with Crippen molar-refractivity contribution in [3.8, 4) is 0 Å². The van der Waals surface area contributed by atoms with Crippen molar-refractivity contribution >= 4 is 10.8 Å². The van der Waals surface area contributed by atoms with E-state index in [4.69, 9.17) is 0 Å². The van der Waals surface area contributed by atoms with Crippen LogP contribution in [0.4, 0.5) is 0 Å². The Kier molecular flexibility index (Phi) is 5.04. The standard InChI is InChI=1S/C14H16.C2H6/c1-11(2)10-13-8-5-7-12-6-3-4-9-14(12)13;1-2/h3-9,11H,10H2,1-2H3;1-2H3. The van der Waals surface area contributed by atoms with Crippen molar-refractivity contribution in [3.05, 3.63) is 48.0 Å². The Labute approximate surface area is 99.3 Å². The minimum absolute atomic E-state index is 0.723. The van der Waals surface area contributed by atoms with E-state index in [0.29, 0.717) is 0 Å². The van der Waals surface area contributed by atoms with Crippen LogP contribution < -0.4 is 0 Å². The molecular weight excluding hydrogens is 192 g/mol. The van der Waals surface area contributed by atoms with Gasteiger partial charge in [0.05, 0.1) is 0 Å². The van der Waals surface area contributed by atoms with Crippen molar-refractivity contribution in [1.82, 2.24) is 0 Å². The minimum Gasteiger partial charge on any atom is -0.0683 e. The smallest absolute Gasteiger partial charge is 0.0152 e. The molecule has 0 aliphatic carbocycles. The van der Waals surface area contributed by atoms with Gasteiger partial charge in [0, 0.05) is 0 Å². The van der Waals surface area contributed by atoms with E-state index in [-0.39, 0.29) is 0 Å². The van der Waals surface area contributed by atoms with Gasteiger partial charge in [-0.3, -0.25) is 0 Å². The molecule has 2 rings (SSSR count). The third kappa shape index (κ3) is 3.10. The van der Waals surface area contributed by atoms with Crippen LogP contribution in [0.15, 0.2) is 42.5 Å². The van der Waals surface area contributed by atoms with Crippen LogP contribution in [0.5, 0.6) is 0 Å². The van der Waals surface area contributed by atoms with E-state index in [2.05, 4.69) is 56.3 Å². The summed E-state index contributed by atoms with van der Waals surface area (Å²) in [6.07, 6.45) is 1.17. The lowest BCUT2D eigenvalue weighted by Crippen LogP contribution is -1.94. The molecule has 0 radical (unpaired) electrons. The minimum atomic E-state index is 0.723. The molecule has 16 heavy (non-hydrogen) atoms. The zero-order valence-corrected chi connectivity index (χ0v) is 10.8. The molecule has 0 unspecified atom stereocenters. The SMILES string of the molecule is CC.CC(C)Cc1cccc2ccccc12. The van der Waals surface area contributed by atoms with Crippen LogP contribution in [0.2, 0.25) is 0 Å². The molecule has 0 fully saturated rings. The Hall–Kier alpha value is -1.30. The summed E-state index contributed by atoms with van der Waals surface area (Å²) in [4.78, 5) is 0. The number of fused-ring (bicyclic) bond motifs is 1. The summed E-state index contributed by atoms with van der Waals surface area (Å²) < 4.78 is 0. The van der Waals surface area contributed by atoms with Gasteiger partial charge in [0.2, 0.25) is 0 Å². The van der Waals surface area contributed by atoms with Gasteiger partial charge < -0.3 is 0 Å². The highest BCUT2D eigenvalue weighted by Crippen LogP contribution is 2.20. The highest BCUT2D eigenvalue weighted by Gasteiger charge is 2.01. The molecule has 2 aromatic carbocycles. The summed E-state index contributed by atoms with van der Waals surface area (Å²) in [7, 11) is 0. The van der Waals surface area contributed by atoms with Gasteiger partial charge in [-0.05, 0) is 28.7 Å². The molecule has 0 N–H and O–H groups in total. The van der Waals surface area contributed by atoms with Gasteiger partial charge in [-0.1, -0.05) is 70.2 Å². The van der Waals surface area contributed by atoms with Crippen LogP contribution in [-0.4, -0.2) is 0 Å². The maximum absolute atomic E-state index is 2.27. The number of rotatable bonds is 2. The fourth-order valence-electron chi connectivity index (χ4n) is 1.91. The normalized spacial score (nSPS) is 10.1. The van der Waals surface area contributed by atoms with Crippen molar-refractivity contribution in [2.45, 2.75) is 34.1 Å². The number of benzene rings is 2. The lowest BCUT2D eigenvalue weighted by molar-refractivity contribution is 0.650. The summed E-state index contributed by atoms with van der Waals surface area (Å²) >= 11 is 0. The first-order valence-electron chi connectivity index (χ1n) is 6.24. The lowest BCUT2D eigenvalue weighted by atomic mass is 9.97. The van der Waals surface area contributed by atoms with E-state index >= 15 is 0 Å². The summed E-state index contributed by atoms with van der Waals surface area (Å²) in [6, 6.07) is 15.2. The van der Waals surface area contributed by atoms with Gasteiger partial charge in [-0.2, -0.15) is 0 Å². The quantitative estimate of drug-likeness (QED) is 0.655. The zero-order chi connectivity index (χ0) is 12.0. The molecular formula is C16H22. The van der Waals surface area contributed by atoms with E-state index in [1.54, 1.807) is 0 Å². The second-order valence-corrected chi connectivity index (χ2v) is 4.24. The maximum atomic E-state index is 2.27. The summed E-state index contributed by atoms with van der Waals surface area (Å²) in [5.74, 6) is 0.723. The largest absolute Gasteiger partial charge is 0.0683 e. The van der Waals surface area contributed by atoms with Gasteiger partial charge >= 0.3 is 0 Å². The maximum Gasteiger partial charge on any atom is -0.0152 e. The van der Waals surface area contributed by atoms with Crippen LogP contribution in [0.3, 0.4) is 0 Å².